The number of amides is 1. The fraction of sp³-hybridized carbons (Fsp3) is 0.588. The van der Waals surface area contributed by atoms with E-state index in [-0.39, 0.29) is 18.0 Å². The van der Waals surface area contributed by atoms with Gasteiger partial charge in [0, 0.05) is 31.2 Å². The van der Waals surface area contributed by atoms with E-state index in [1.165, 1.54) is 17.4 Å². The standard InChI is InChI=1S/C17H25N5O2/c1-3-22-16-14(13(2)19-22)6-10-21(17(16)24)12-15(23)18-7-11-20-8-4-5-9-20/h6,10H,3-5,7-9,11-12H2,1-2H3,(H,18,23). The Labute approximate surface area is 141 Å². The second kappa shape index (κ2) is 7.17. The third kappa shape index (κ3) is 3.36. The van der Waals surface area contributed by atoms with Crippen LogP contribution in [0.3, 0.4) is 0 Å². The number of carbonyl (C=O) groups is 1. The molecular formula is C17H25N5O2. The van der Waals surface area contributed by atoms with E-state index >= 15 is 0 Å². The van der Waals surface area contributed by atoms with Crippen LogP contribution in [-0.4, -0.2) is 51.3 Å². The lowest BCUT2D eigenvalue weighted by Gasteiger charge is -2.15. The van der Waals surface area contributed by atoms with Crippen LogP contribution in [0, 0.1) is 6.92 Å². The number of hydrogen-bond acceptors (Lipinski definition) is 4. The molecule has 1 N–H and O–H groups in total. The largest absolute Gasteiger partial charge is 0.353 e. The zero-order valence-electron chi connectivity index (χ0n) is 14.4. The normalized spacial score (nSPS) is 15.2. The van der Waals surface area contributed by atoms with Crippen molar-refractivity contribution in [3.63, 3.8) is 0 Å². The monoisotopic (exact) mass is 331 g/mol. The van der Waals surface area contributed by atoms with E-state index in [2.05, 4.69) is 15.3 Å². The Bertz CT molecular complexity index is 786. The fourth-order valence-electron chi connectivity index (χ4n) is 3.31. The molecule has 24 heavy (non-hydrogen) atoms. The Balaban J connectivity index is 1.67. The topological polar surface area (TPSA) is 72.2 Å². The lowest BCUT2D eigenvalue weighted by molar-refractivity contribution is -0.121. The van der Waals surface area contributed by atoms with E-state index in [1.54, 1.807) is 10.9 Å². The summed E-state index contributed by atoms with van der Waals surface area (Å²) in [6.45, 7) is 8.26. The van der Waals surface area contributed by atoms with Gasteiger partial charge < -0.3 is 14.8 Å². The Morgan fingerprint density at radius 2 is 2.08 bits per heavy atom. The van der Waals surface area contributed by atoms with E-state index in [0.29, 0.717) is 18.6 Å². The fourth-order valence-corrected chi connectivity index (χ4v) is 3.31. The molecule has 7 heteroatoms. The number of nitrogens with one attached hydrogen (secondary N) is 1. The maximum Gasteiger partial charge on any atom is 0.277 e. The van der Waals surface area contributed by atoms with Crippen molar-refractivity contribution >= 4 is 16.8 Å². The van der Waals surface area contributed by atoms with Gasteiger partial charge >= 0.3 is 0 Å². The van der Waals surface area contributed by atoms with Gasteiger partial charge in [-0.2, -0.15) is 5.10 Å². The van der Waals surface area contributed by atoms with Crippen LogP contribution in [0.2, 0.25) is 0 Å². The van der Waals surface area contributed by atoms with Gasteiger partial charge in [0.05, 0.1) is 5.69 Å². The van der Waals surface area contributed by atoms with Gasteiger partial charge in [0.1, 0.15) is 12.1 Å². The first-order chi connectivity index (χ1) is 11.6. The minimum Gasteiger partial charge on any atom is -0.353 e. The van der Waals surface area contributed by atoms with Crippen LogP contribution in [0.5, 0.6) is 0 Å². The third-order valence-electron chi connectivity index (χ3n) is 4.62. The molecule has 2 aromatic rings. The summed E-state index contributed by atoms with van der Waals surface area (Å²) in [6.07, 6.45) is 4.17. The van der Waals surface area contributed by atoms with Crippen LogP contribution in [0.25, 0.3) is 10.9 Å². The van der Waals surface area contributed by atoms with Crippen molar-refractivity contribution in [1.29, 1.82) is 0 Å². The van der Waals surface area contributed by atoms with Crippen LogP contribution in [-0.2, 0) is 17.9 Å². The molecule has 1 aliphatic rings. The maximum absolute atomic E-state index is 12.7. The van der Waals surface area contributed by atoms with Crippen LogP contribution in [0.4, 0.5) is 0 Å². The molecule has 0 aliphatic carbocycles. The van der Waals surface area contributed by atoms with Crippen molar-refractivity contribution in [2.24, 2.45) is 0 Å². The molecule has 7 nitrogen and oxygen atoms in total. The highest BCUT2D eigenvalue weighted by molar-refractivity contribution is 5.81. The molecule has 1 amide bonds. The number of aryl methyl sites for hydroxylation is 2. The zero-order valence-corrected chi connectivity index (χ0v) is 14.4. The molecule has 0 radical (unpaired) electrons. The first-order valence-corrected chi connectivity index (χ1v) is 8.65. The van der Waals surface area contributed by atoms with Gasteiger partial charge in [-0.15, -0.1) is 0 Å². The second-order valence-corrected chi connectivity index (χ2v) is 6.31. The average Bonchev–Trinajstić information content (AvgIpc) is 3.18. The molecule has 0 spiro atoms. The number of nitrogens with zero attached hydrogens (tertiary/aromatic N) is 4. The number of fused-ring (bicyclic) bond motifs is 1. The van der Waals surface area contributed by atoms with Crippen molar-refractivity contribution in [3.05, 3.63) is 28.3 Å². The Kier molecular flexibility index (Phi) is 4.99. The summed E-state index contributed by atoms with van der Waals surface area (Å²) in [6, 6.07) is 1.86. The minimum atomic E-state index is -0.162. The highest BCUT2D eigenvalue weighted by Gasteiger charge is 2.14. The first kappa shape index (κ1) is 16.7. The number of aromatic nitrogens is 3. The van der Waals surface area contributed by atoms with Crippen molar-refractivity contribution in [3.8, 4) is 0 Å². The molecule has 0 unspecified atom stereocenters. The van der Waals surface area contributed by atoms with E-state index in [9.17, 15) is 9.59 Å². The Hall–Kier alpha value is -2.15. The SMILES string of the molecule is CCn1nc(C)c2ccn(CC(=O)NCCN3CCCC3)c(=O)c21. The number of carbonyl (C=O) groups excluding carboxylic acids is 1. The van der Waals surface area contributed by atoms with Crippen molar-refractivity contribution < 1.29 is 4.79 Å². The third-order valence-corrected chi connectivity index (χ3v) is 4.62. The summed E-state index contributed by atoms with van der Waals surface area (Å²) in [4.78, 5) is 27.1. The van der Waals surface area contributed by atoms with Crippen LogP contribution < -0.4 is 10.9 Å². The first-order valence-electron chi connectivity index (χ1n) is 8.65. The van der Waals surface area contributed by atoms with Crippen LogP contribution in [0.15, 0.2) is 17.1 Å². The lowest BCUT2D eigenvalue weighted by Crippen LogP contribution is -2.37. The summed E-state index contributed by atoms with van der Waals surface area (Å²) in [7, 11) is 0. The molecule has 2 aromatic heterocycles. The van der Waals surface area contributed by atoms with E-state index in [4.69, 9.17) is 0 Å². The maximum atomic E-state index is 12.7. The lowest BCUT2D eigenvalue weighted by atomic mass is 10.2. The van der Waals surface area contributed by atoms with E-state index < -0.39 is 0 Å². The highest BCUT2D eigenvalue weighted by atomic mass is 16.2. The molecule has 1 saturated heterocycles. The van der Waals surface area contributed by atoms with Gasteiger partial charge in [-0.1, -0.05) is 0 Å². The predicted molar refractivity (Wildman–Crippen MR) is 93.1 cm³/mol. The number of pyridine rings is 1. The Morgan fingerprint density at radius 3 is 2.79 bits per heavy atom. The molecule has 1 aliphatic heterocycles. The van der Waals surface area contributed by atoms with Crippen molar-refractivity contribution in [1.82, 2.24) is 24.6 Å². The average molecular weight is 331 g/mol. The molecule has 0 bridgehead atoms. The quantitative estimate of drug-likeness (QED) is 0.847. The molecule has 0 aromatic carbocycles. The van der Waals surface area contributed by atoms with Gasteiger partial charge in [0.2, 0.25) is 5.91 Å². The van der Waals surface area contributed by atoms with Crippen molar-refractivity contribution in [2.75, 3.05) is 26.2 Å². The van der Waals surface area contributed by atoms with Gasteiger partial charge in [-0.3, -0.25) is 14.3 Å². The second-order valence-electron chi connectivity index (χ2n) is 6.31. The molecule has 3 heterocycles. The van der Waals surface area contributed by atoms with Crippen molar-refractivity contribution in [2.45, 2.75) is 39.8 Å². The summed E-state index contributed by atoms with van der Waals surface area (Å²) < 4.78 is 3.16. The molecule has 0 saturated carbocycles. The van der Waals surface area contributed by atoms with Gasteiger partial charge in [-0.25, -0.2) is 0 Å². The van der Waals surface area contributed by atoms with Crippen LogP contribution >= 0.6 is 0 Å². The molecular weight excluding hydrogens is 306 g/mol. The Morgan fingerprint density at radius 1 is 1.33 bits per heavy atom. The summed E-state index contributed by atoms with van der Waals surface area (Å²) in [5.74, 6) is -0.130. The number of hydrogen-bond donors (Lipinski definition) is 1. The van der Waals surface area contributed by atoms with Gasteiger partial charge in [0.15, 0.2) is 0 Å². The molecule has 0 atom stereocenters. The van der Waals surface area contributed by atoms with Crippen LogP contribution in [0.1, 0.15) is 25.5 Å². The summed E-state index contributed by atoms with van der Waals surface area (Å²) in [5.41, 5.74) is 1.25. The zero-order chi connectivity index (χ0) is 17.1. The minimum absolute atomic E-state index is 0.0444. The number of likely N-dealkylation sites (tertiary alicyclic amines) is 1. The molecule has 3 rings (SSSR count). The summed E-state index contributed by atoms with van der Waals surface area (Å²) >= 11 is 0. The molecule has 130 valence electrons. The smallest absolute Gasteiger partial charge is 0.277 e. The van der Waals surface area contributed by atoms with E-state index in [0.717, 1.165) is 30.7 Å². The number of rotatable bonds is 6. The molecule has 1 fully saturated rings. The van der Waals surface area contributed by atoms with Gasteiger partial charge in [-0.05, 0) is 45.8 Å². The van der Waals surface area contributed by atoms with E-state index in [1.807, 2.05) is 19.9 Å². The van der Waals surface area contributed by atoms with Gasteiger partial charge in [0.25, 0.3) is 5.56 Å². The highest BCUT2D eigenvalue weighted by Crippen LogP contribution is 2.13. The predicted octanol–water partition coefficient (Wildman–Crippen LogP) is 0.738. The summed E-state index contributed by atoms with van der Waals surface area (Å²) in [5, 5.41) is 8.14.